The number of nitrogens with zero attached hydrogens (tertiary/aromatic N) is 1. The molecule has 3 aromatic rings. The zero-order chi connectivity index (χ0) is 28.9. The number of piperidine rings is 1. The van der Waals surface area contributed by atoms with Gasteiger partial charge in [-0.25, -0.2) is 0 Å². The van der Waals surface area contributed by atoms with Crippen molar-refractivity contribution >= 4 is 5.97 Å². The SMILES string of the molecule is Cc1ccc(C(O)(c2ccc(C)cc2)C2CCCCN2CCCC(O)Cc2ccc(C(C)(C)C(=O)O)cc2)cc1. The smallest absolute Gasteiger partial charge is 0.313 e. The van der Waals surface area contributed by atoms with Crippen LogP contribution in [0.25, 0.3) is 0 Å². The number of aliphatic carboxylic acids is 1. The van der Waals surface area contributed by atoms with Gasteiger partial charge in [0.1, 0.15) is 5.60 Å². The molecule has 3 N–H and O–H groups in total. The molecule has 40 heavy (non-hydrogen) atoms. The highest BCUT2D eigenvalue weighted by molar-refractivity contribution is 5.80. The minimum Gasteiger partial charge on any atom is -0.481 e. The molecule has 1 fully saturated rings. The van der Waals surface area contributed by atoms with Crippen LogP contribution < -0.4 is 0 Å². The van der Waals surface area contributed by atoms with Gasteiger partial charge in [-0.15, -0.1) is 0 Å². The Morgan fingerprint density at radius 1 is 0.875 bits per heavy atom. The maximum absolute atomic E-state index is 12.5. The molecule has 0 aliphatic carbocycles. The van der Waals surface area contributed by atoms with E-state index >= 15 is 0 Å². The van der Waals surface area contributed by atoms with Crippen LogP contribution in [0.1, 0.15) is 79.3 Å². The molecule has 5 heteroatoms. The highest BCUT2D eigenvalue weighted by atomic mass is 16.4. The fourth-order valence-electron chi connectivity index (χ4n) is 5.98. The molecule has 1 aliphatic heterocycles. The Labute approximate surface area is 239 Å². The first kappa shape index (κ1) is 30.0. The largest absolute Gasteiger partial charge is 0.481 e. The number of carboxylic acid groups (broad SMARTS) is 1. The van der Waals surface area contributed by atoms with E-state index in [1.165, 1.54) is 11.1 Å². The van der Waals surface area contributed by atoms with E-state index in [1.807, 2.05) is 24.3 Å². The van der Waals surface area contributed by atoms with Crippen molar-refractivity contribution in [3.8, 4) is 0 Å². The number of aliphatic hydroxyl groups is 2. The molecule has 3 aromatic carbocycles. The molecular formula is C35H45NO4. The van der Waals surface area contributed by atoms with Gasteiger partial charge in [-0.3, -0.25) is 9.69 Å². The summed E-state index contributed by atoms with van der Waals surface area (Å²) in [7, 11) is 0. The second-order valence-electron chi connectivity index (χ2n) is 12.2. The summed E-state index contributed by atoms with van der Waals surface area (Å²) in [6.07, 6.45) is 4.66. The van der Waals surface area contributed by atoms with Crippen molar-refractivity contribution in [1.82, 2.24) is 4.90 Å². The van der Waals surface area contributed by atoms with Crippen LogP contribution >= 0.6 is 0 Å². The van der Waals surface area contributed by atoms with Crippen LogP contribution in [-0.2, 0) is 22.2 Å². The molecule has 0 amide bonds. The fourth-order valence-corrected chi connectivity index (χ4v) is 5.98. The van der Waals surface area contributed by atoms with Crippen LogP contribution in [-0.4, -0.2) is 51.4 Å². The highest BCUT2D eigenvalue weighted by Crippen LogP contribution is 2.40. The number of hydrogen-bond donors (Lipinski definition) is 3. The average Bonchev–Trinajstić information content (AvgIpc) is 2.94. The van der Waals surface area contributed by atoms with Gasteiger partial charge >= 0.3 is 5.97 Å². The first-order chi connectivity index (χ1) is 19.0. The Morgan fingerprint density at radius 3 is 1.93 bits per heavy atom. The van der Waals surface area contributed by atoms with Crippen molar-refractivity contribution in [3.05, 3.63) is 106 Å². The molecule has 1 saturated heterocycles. The van der Waals surface area contributed by atoms with Crippen LogP contribution in [0.5, 0.6) is 0 Å². The summed E-state index contributed by atoms with van der Waals surface area (Å²) >= 11 is 0. The fraction of sp³-hybridized carbons (Fsp3) is 0.457. The van der Waals surface area contributed by atoms with Crippen LogP contribution in [0.15, 0.2) is 72.8 Å². The lowest BCUT2D eigenvalue weighted by atomic mass is 9.75. The molecule has 0 spiro atoms. The molecule has 5 nitrogen and oxygen atoms in total. The third kappa shape index (κ3) is 6.65. The van der Waals surface area contributed by atoms with Gasteiger partial charge in [0.05, 0.1) is 11.5 Å². The molecule has 0 aromatic heterocycles. The molecular weight excluding hydrogens is 498 g/mol. The van der Waals surface area contributed by atoms with Gasteiger partial charge in [0, 0.05) is 6.04 Å². The number of carbonyl (C=O) groups is 1. The Morgan fingerprint density at radius 2 is 1.40 bits per heavy atom. The van der Waals surface area contributed by atoms with Crippen molar-refractivity contribution in [1.29, 1.82) is 0 Å². The topological polar surface area (TPSA) is 81.0 Å². The number of aryl methyl sites for hydroxylation is 2. The second kappa shape index (κ2) is 12.7. The quantitative estimate of drug-likeness (QED) is 0.271. The number of carboxylic acids is 1. The van der Waals surface area contributed by atoms with E-state index in [9.17, 15) is 20.1 Å². The van der Waals surface area contributed by atoms with Gasteiger partial charge in [-0.1, -0.05) is 90.3 Å². The van der Waals surface area contributed by atoms with E-state index in [0.717, 1.165) is 61.0 Å². The highest BCUT2D eigenvalue weighted by Gasteiger charge is 2.44. The van der Waals surface area contributed by atoms with Gasteiger partial charge < -0.3 is 15.3 Å². The van der Waals surface area contributed by atoms with E-state index in [0.29, 0.717) is 12.8 Å². The summed E-state index contributed by atoms with van der Waals surface area (Å²) in [5.41, 5.74) is 3.88. The number of rotatable bonds is 11. The lowest BCUT2D eigenvalue weighted by molar-refractivity contribution is -0.142. The minimum absolute atomic E-state index is 0.0473. The average molecular weight is 544 g/mol. The van der Waals surface area contributed by atoms with E-state index in [1.54, 1.807) is 13.8 Å². The van der Waals surface area contributed by atoms with Crippen molar-refractivity contribution < 1.29 is 20.1 Å². The van der Waals surface area contributed by atoms with Gasteiger partial charge in [0.2, 0.25) is 0 Å². The van der Waals surface area contributed by atoms with Gasteiger partial charge in [0.25, 0.3) is 0 Å². The Bertz CT molecular complexity index is 1200. The van der Waals surface area contributed by atoms with E-state index < -0.39 is 23.1 Å². The summed E-state index contributed by atoms with van der Waals surface area (Å²) in [6, 6.07) is 24.1. The van der Waals surface area contributed by atoms with Crippen molar-refractivity contribution in [2.75, 3.05) is 13.1 Å². The summed E-state index contributed by atoms with van der Waals surface area (Å²) in [6.45, 7) is 9.28. The predicted octanol–water partition coefficient (Wildman–Crippen LogP) is 6.14. The maximum Gasteiger partial charge on any atom is 0.313 e. The second-order valence-corrected chi connectivity index (χ2v) is 12.2. The lowest BCUT2D eigenvalue weighted by Crippen LogP contribution is -2.54. The van der Waals surface area contributed by atoms with E-state index in [2.05, 4.69) is 67.3 Å². The van der Waals surface area contributed by atoms with Crippen molar-refractivity contribution in [2.45, 2.75) is 89.4 Å². The molecule has 2 atom stereocenters. The first-order valence-corrected chi connectivity index (χ1v) is 14.6. The summed E-state index contributed by atoms with van der Waals surface area (Å²) in [5, 5.41) is 32.8. The molecule has 0 bridgehead atoms. The van der Waals surface area contributed by atoms with Crippen LogP contribution in [0.2, 0.25) is 0 Å². The summed E-state index contributed by atoms with van der Waals surface area (Å²) < 4.78 is 0. The third-order valence-electron chi connectivity index (χ3n) is 8.74. The number of hydrogen-bond acceptors (Lipinski definition) is 4. The van der Waals surface area contributed by atoms with E-state index in [4.69, 9.17) is 0 Å². The first-order valence-electron chi connectivity index (χ1n) is 14.6. The third-order valence-corrected chi connectivity index (χ3v) is 8.74. The Kier molecular flexibility index (Phi) is 9.50. The summed E-state index contributed by atoms with van der Waals surface area (Å²) in [4.78, 5) is 14.0. The van der Waals surface area contributed by atoms with Gasteiger partial charge in [0.15, 0.2) is 0 Å². The standard InChI is InChI=1S/C35H45NO4/c1-25-10-16-29(17-11-25)35(40,30-18-12-26(2)13-19-30)32-9-5-6-22-36(32)23-7-8-31(37)24-27-14-20-28(21-15-27)34(3,4)33(38)39/h10-21,31-32,37,40H,5-9,22-24H2,1-4H3,(H,38,39). The van der Waals surface area contributed by atoms with Crippen LogP contribution in [0.4, 0.5) is 0 Å². The lowest BCUT2D eigenvalue weighted by Gasteiger charge is -2.46. The molecule has 214 valence electrons. The zero-order valence-corrected chi connectivity index (χ0v) is 24.4. The Balaban J connectivity index is 1.44. The zero-order valence-electron chi connectivity index (χ0n) is 24.4. The molecule has 1 heterocycles. The molecule has 0 radical (unpaired) electrons. The molecule has 2 unspecified atom stereocenters. The number of likely N-dealkylation sites (tertiary alicyclic amines) is 1. The molecule has 1 aliphatic rings. The van der Waals surface area contributed by atoms with Crippen LogP contribution in [0, 0.1) is 13.8 Å². The van der Waals surface area contributed by atoms with Gasteiger partial charge in [-0.05, 0) is 95.1 Å². The maximum atomic E-state index is 12.5. The Hall–Kier alpha value is -2.99. The van der Waals surface area contributed by atoms with Crippen molar-refractivity contribution in [2.24, 2.45) is 0 Å². The normalized spacial score (nSPS) is 17.5. The number of aliphatic hydroxyl groups excluding tert-OH is 1. The number of benzene rings is 3. The van der Waals surface area contributed by atoms with E-state index in [-0.39, 0.29) is 6.04 Å². The summed E-state index contributed by atoms with van der Waals surface area (Å²) in [5.74, 6) is -0.854. The molecule has 4 rings (SSSR count). The van der Waals surface area contributed by atoms with Crippen LogP contribution in [0.3, 0.4) is 0 Å². The predicted molar refractivity (Wildman–Crippen MR) is 161 cm³/mol. The van der Waals surface area contributed by atoms with Crippen molar-refractivity contribution in [3.63, 3.8) is 0 Å². The minimum atomic E-state index is -1.12. The molecule has 0 saturated carbocycles. The van der Waals surface area contributed by atoms with Gasteiger partial charge in [-0.2, -0.15) is 0 Å². The monoisotopic (exact) mass is 543 g/mol.